The van der Waals surface area contributed by atoms with Crippen molar-refractivity contribution in [1.82, 2.24) is 5.32 Å². The molecule has 8 heteroatoms. The number of nitrogens with two attached hydrogens (primary N) is 1. The minimum atomic E-state index is -2.21. The highest BCUT2D eigenvalue weighted by Gasteiger charge is 2.72. The van der Waals surface area contributed by atoms with E-state index in [1.807, 2.05) is 0 Å². The Balaban J connectivity index is 2.08. The Hall–Kier alpha value is -2.58. The average Bonchev–Trinajstić information content (AvgIpc) is 2.84. The van der Waals surface area contributed by atoms with Crippen LogP contribution in [0.25, 0.3) is 0 Å². The van der Waals surface area contributed by atoms with Gasteiger partial charge in [-0.15, -0.1) is 0 Å². The monoisotopic (exact) mass is 390 g/mol. The molecule has 2 aromatic rings. The second-order valence-electron chi connectivity index (χ2n) is 5.67. The number of nitrogen functional groups attached to an aromatic ring is 1. The number of carbonyl (C=O) groups is 2. The molecule has 1 aliphatic heterocycles. The minimum Gasteiger partial charge on any atom is -0.465 e. The van der Waals surface area contributed by atoms with Crippen molar-refractivity contribution in [3.8, 4) is 5.75 Å². The lowest BCUT2D eigenvalue weighted by Crippen LogP contribution is -2.59. The maximum Gasteiger partial charge on any atom is 0.405 e. The zero-order valence-electron chi connectivity index (χ0n) is 12.0. The molecule has 0 saturated heterocycles. The van der Waals surface area contributed by atoms with Crippen molar-refractivity contribution in [2.45, 2.75) is 11.3 Å². The fraction of sp³-hybridized carbons (Fsp3) is 0.125. The first-order valence-corrected chi connectivity index (χ1v) is 7.77. The fourth-order valence-corrected chi connectivity index (χ4v) is 3.84. The Bertz CT molecular complexity index is 931. The Morgan fingerprint density at radius 1 is 1.25 bits per heavy atom. The predicted octanol–water partition coefficient (Wildman–Crippen LogP) is 1.93. The highest BCUT2D eigenvalue weighted by Crippen LogP contribution is 2.59. The molecule has 1 amide bonds. The van der Waals surface area contributed by atoms with Gasteiger partial charge in [0.25, 0.3) is 5.79 Å². The van der Waals surface area contributed by atoms with Gasteiger partial charge in [0.1, 0.15) is 5.75 Å². The van der Waals surface area contributed by atoms with Crippen LogP contribution in [0.15, 0.2) is 40.9 Å². The zero-order chi connectivity index (χ0) is 17.3. The van der Waals surface area contributed by atoms with E-state index in [-0.39, 0.29) is 28.1 Å². The van der Waals surface area contributed by atoms with Gasteiger partial charge in [-0.1, -0.05) is 34.1 Å². The van der Waals surface area contributed by atoms with Gasteiger partial charge in [0, 0.05) is 21.3 Å². The number of rotatable bonds is 1. The molecule has 2 aliphatic rings. The number of hydrogen-bond donors (Lipinski definition) is 4. The lowest BCUT2D eigenvalue weighted by Gasteiger charge is -2.33. The molecule has 0 unspecified atom stereocenters. The van der Waals surface area contributed by atoms with Crippen LogP contribution in [0.2, 0.25) is 0 Å². The van der Waals surface area contributed by atoms with Crippen molar-refractivity contribution in [2.24, 2.45) is 0 Å². The topological polar surface area (TPSA) is 122 Å². The molecule has 2 atom stereocenters. The number of benzene rings is 2. The molecule has 0 spiro atoms. The number of Topliss-reactive ketones (excluding diaryl/α,β-unsaturated/α-hetero) is 1. The van der Waals surface area contributed by atoms with Gasteiger partial charge in [0.05, 0.1) is 5.56 Å². The van der Waals surface area contributed by atoms with E-state index in [1.54, 1.807) is 18.2 Å². The predicted molar refractivity (Wildman–Crippen MR) is 86.7 cm³/mol. The Morgan fingerprint density at radius 2 is 2.00 bits per heavy atom. The van der Waals surface area contributed by atoms with Crippen LogP contribution < -0.4 is 15.8 Å². The van der Waals surface area contributed by atoms with Crippen molar-refractivity contribution >= 4 is 33.5 Å². The summed E-state index contributed by atoms with van der Waals surface area (Å²) in [7, 11) is 0. The molecule has 0 saturated carbocycles. The van der Waals surface area contributed by atoms with Gasteiger partial charge in [-0.25, -0.2) is 4.79 Å². The summed E-state index contributed by atoms with van der Waals surface area (Å²) in [5, 5.41) is 22.7. The van der Waals surface area contributed by atoms with Crippen LogP contribution in [0.5, 0.6) is 5.75 Å². The number of amides is 1. The molecular weight excluding hydrogens is 380 g/mol. The summed E-state index contributed by atoms with van der Waals surface area (Å²) < 4.78 is 6.34. The molecule has 0 fully saturated rings. The van der Waals surface area contributed by atoms with E-state index in [9.17, 15) is 19.8 Å². The highest BCUT2D eigenvalue weighted by molar-refractivity contribution is 9.10. The van der Waals surface area contributed by atoms with Gasteiger partial charge in [-0.3, -0.25) is 10.1 Å². The summed E-state index contributed by atoms with van der Waals surface area (Å²) in [4.78, 5) is 24.6. The van der Waals surface area contributed by atoms with E-state index in [1.165, 1.54) is 18.2 Å². The standard InChI is InChI=1S/C16H11BrN2O5/c17-7-4-5-8-11(6-7)24-16(23)9-2-1-3-10(18)12(9)13(20)15(8,16)19-14(21)22/h1-6,19,23H,18H2,(H,21,22)/t15-,16-/m1/s1. The summed E-state index contributed by atoms with van der Waals surface area (Å²) in [5.74, 6) is -2.65. The zero-order valence-corrected chi connectivity index (χ0v) is 13.6. The number of carboxylic acid groups (broad SMARTS) is 1. The number of ketones is 1. The molecule has 1 aliphatic carbocycles. The van der Waals surface area contributed by atoms with Gasteiger partial charge >= 0.3 is 6.09 Å². The molecule has 0 bridgehead atoms. The number of ether oxygens (including phenoxy) is 1. The largest absolute Gasteiger partial charge is 0.465 e. The molecular formula is C16H11BrN2O5. The summed E-state index contributed by atoms with van der Waals surface area (Å²) in [6.45, 7) is 0. The van der Waals surface area contributed by atoms with Gasteiger partial charge in [-0.05, 0) is 18.2 Å². The lowest BCUT2D eigenvalue weighted by atomic mass is 9.83. The fourth-order valence-electron chi connectivity index (χ4n) is 3.50. The first-order valence-electron chi connectivity index (χ1n) is 6.97. The molecule has 2 aromatic carbocycles. The number of carbonyl (C=O) groups excluding carboxylic acids is 1. The summed E-state index contributed by atoms with van der Waals surface area (Å²) in [6, 6.07) is 9.31. The molecule has 122 valence electrons. The Labute approximate surface area is 144 Å². The number of anilines is 1. The smallest absolute Gasteiger partial charge is 0.405 e. The van der Waals surface area contributed by atoms with Crippen molar-refractivity contribution < 1.29 is 24.5 Å². The van der Waals surface area contributed by atoms with E-state index in [0.29, 0.717) is 4.47 Å². The van der Waals surface area contributed by atoms with Crippen LogP contribution in [-0.2, 0) is 11.3 Å². The molecule has 5 N–H and O–H groups in total. The second-order valence-corrected chi connectivity index (χ2v) is 6.58. The van der Waals surface area contributed by atoms with E-state index in [2.05, 4.69) is 21.2 Å². The lowest BCUT2D eigenvalue weighted by molar-refractivity contribution is -0.169. The third-order valence-corrected chi connectivity index (χ3v) is 4.93. The van der Waals surface area contributed by atoms with Crippen molar-refractivity contribution in [1.29, 1.82) is 0 Å². The summed E-state index contributed by atoms with van der Waals surface area (Å²) in [6.07, 6.45) is -1.47. The maximum atomic E-state index is 13.2. The maximum absolute atomic E-state index is 13.2. The second kappa shape index (κ2) is 4.49. The number of hydrogen-bond acceptors (Lipinski definition) is 5. The highest BCUT2D eigenvalue weighted by atomic mass is 79.9. The number of halogens is 1. The normalized spacial score (nSPS) is 26.3. The quantitative estimate of drug-likeness (QED) is 0.551. The third kappa shape index (κ3) is 1.54. The van der Waals surface area contributed by atoms with Gasteiger partial charge in [-0.2, -0.15) is 0 Å². The van der Waals surface area contributed by atoms with Crippen LogP contribution in [0.1, 0.15) is 21.5 Å². The molecule has 0 aromatic heterocycles. The van der Waals surface area contributed by atoms with Crippen LogP contribution in [0.3, 0.4) is 0 Å². The summed E-state index contributed by atoms with van der Waals surface area (Å²) in [5.41, 5.74) is 4.45. The van der Waals surface area contributed by atoms with Gasteiger partial charge in [0.2, 0.25) is 11.3 Å². The summed E-state index contributed by atoms with van der Waals surface area (Å²) >= 11 is 3.29. The number of fused-ring (bicyclic) bond motifs is 5. The first-order chi connectivity index (χ1) is 11.3. The van der Waals surface area contributed by atoms with Gasteiger partial charge < -0.3 is 20.7 Å². The van der Waals surface area contributed by atoms with Crippen molar-refractivity contribution in [3.05, 3.63) is 57.6 Å². The van der Waals surface area contributed by atoms with E-state index >= 15 is 0 Å². The van der Waals surface area contributed by atoms with Crippen LogP contribution in [-0.4, -0.2) is 22.1 Å². The first kappa shape index (κ1) is 15.0. The number of aliphatic hydroxyl groups is 1. The van der Waals surface area contributed by atoms with Crippen LogP contribution >= 0.6 is 15.9 Å². The molecule has 7 nitrogen and oxygen atoms in total. The average molecular weight is 391 g/mol. The Kier molecular flexibility index (Phi) is 2.80. The van der Waals surface area contributed by atoms with Crippen molar-refractivity contribution in [3.63, 3.8) is 0 Å². The van der Waals surface area contributed by atoms with E-state index in [0.717, 1.165) is 0 Å². The van der Waals surface area contributed by atoms with E-state index < -0.39 is 23.2 Å². The Morgan fingerprint density at radius 3 is 2.71 bits per heavy atom. The molecule has 1 heterocycles. The molecule has 0 radical (unpaired) electrons. The molecule has 24 heavy (non-hydrogen) atoms. The van der Waals surface area contributed by atoms with Crippen molar-refractivity contribution in [2.75, 3.05) is 5.73 Å². The van der Waals surface area contributed by atoms with E-state index in [4.69, 9.17) is 10.5 Å². The minimum absolute atomic E-state index is 0.0577. The van der Waals surface area contributed by atoms with Gasteiger partial charge in [0.15, 0.2) is 0 Å². The van der Waals surface area contributed by atoms with Crippen LogP contribution in [0.4, 0.5) is 10.5 Å². The SMILES string of the molecule is Nc1cccc2c1C(=O)[C@]1(NC(=O)O)c3ccc(Br)cc3O[C@]21O. The van der Waals surface area contributed by atoms with Crippen LogP contribution in [0, 0.1) is 0 Å². The third-order valence-electron chi connectivity index (χ3n) is 4.44. The number of nitrogens with one attached hydrogen (secondary N) is 1. The molecule has 4 rings (SSSR count).